The van der Waals surface area contributed by atoms with Crippen LogP contribution in [0.15, 0.2) is 65.1 Å². The van der Waals surface area contributed by atoms with E-state index in [4.69, 9.17) is 4.74 Å². The molecule has 1 aliphatic carbocycles. The third-order valence-electron chi connectivity index (χ3n) is 4.09. The lowest BCUT2D eigenvalue weighted by Gasteiger charge is -2.18. The number of ether oxygens (including phenoxy) is 1. The molecule has 0 amide bonds. The summed E-state index contributed by atoms with van der Waals surface area (Å²) in [5.74, 6) is 0.315. The molecule has 0 fully saturated rings. The van der Waals surface area contributed by atoms with Gasteiger partial charge in [-0.15, -0.1) is 0 Å². The zero-order chi connectivity index (χ0) is 17.3. The molecular formula is C19H19NO3S. The number of hydrogen-bond donors (Lipinski definition) is 1. The van der Waals surface area contributed by atoms with Crippen LogP contribution >= 0.6 is 0 Å². The summed E-state index contributed by atoms with van der Waals surface area (Å²) in [5.41, 5.74) is 4.89. The molecule has 0 heterocycles. The highest BCUT2D eigenvalue weighted by atomic mass is 32.2. The Morgan fingerprint density at radius 1 is 1.17 bits per heavy atom. The van der Waals surface area contributed by atoms with Gasteiger partial charge in [0.05, 0.1) is 7.11 Å². The fourth-order valence-corrected chi connectivity index (χ4v) is 3.93. The van der Waals surface area contributed by atoms with Gasteiger partial charge < -0.3 is 4.74 Å². The average Bonchev–Trinajstić information content (AvgIpc) is 2.56. The molecule has 5 heteroatoms. The fraction of sp³-hybridized carbons (Fsp3) is 0.158. The van der Waals surface area contributed by atoms with Gasteiger partial charge >= 0.3 is 0 Å². The van der Waals surface area contributed by atoms with Crippen LogP contribution in [0.3, 0.4) is 0 Å². The van der Waals surface area contributed by atoms with Gasteiger partial charge in [0.1, 0.15) is 10.6 Å². The van der Waals surface area contributed by atoms with E-state index in [1.165, 1.54) is 13.2 Å². The van der Waals surface area contributed by atoms with Gasteiger partial charge in [0.25, 0.3) is 10.0 Å². The summed E-state index contributed by atoms with van der Waals surface area (Å²) in [6, 6.07) is 12.1. The molecule has 4 nitrogen and oxygen atoms in total. The lowest BCUT2D eigenvalue weighted by atomic mass is 9.89. The number of nitrogens with one attached hydrogen (secondary N) is 1. The van der Waals surface area contributed by atoms with Crippen molar-refractivity contribution in [3.8, 4) is 5.75 Å². The molecule has 0 unspecified atom stereocenters. The largest absolute Gasteiger partial charge is 0.495 e. The zero-order valence-corrected chi connectivity index (χ0v) is 14.5. The van der Waals surface area contributed by atoms with E-state index in [9.17, 15) is 8.42 Å². The number of rotatable bonds is 4. The minimum atomic E-state index is -3.72. The molecule has 24 heavy (non-hydrogen) atoms. The third kappa shape index (κ3) is 3.08. The number of para-hydroxylation sites is 1. The Labute approximate surface area is 142 Å². The van der Waals surface area contributed by atoms with Crippen LogP contribution in [0.4, 0.5) is 5.69 Å². The van der Waals surface area contributed by atoms with Gasteiger partial charge in [-0.1, -0.05) is 30.9 Å². The van der Waals surface area contributed by atoms with Crippen LogP contribution in [0, 0.1) is 0 Å². The SMILES string of the molecule is C=C1Cc2ccc(NS(=O)(=O)c3ccccc3OC)cc2C=C1C. The van der Waals surface area contributed by atoms with Gasteiger partial charge in [0, 0.05) is 5.69 Å². The average molecular weight is 341 g/mol. The van der Waals surface area contributed by atoms with Crippen molar-refractivity contribution in [1.82, 2.24) is 0 Å². The number of fused-ring (bicyclic) bond motifs is 1. The zero-order valence-electron chi connectivity index (χ0n) is 13.7. The summed E-state index contributed by atoms with van der Waals surface area (Å²) in [5, 5.41) is 0. The molecule has 2 aromatic carbocycles. The molecule has 0 saturated heterocycles. The summed E-state index contributed by atoms with van der Waals surface area (Å²) < 4.78 is 33.1. The van der Waals surface area contributed by atoms with Gasteiger partial charge in [-0.2, -0.15) is 0 Å². The molecule has 124 valence electrons. The third-order valence-corrected chi connectivity index (χ3v) is 5.51. The molecule has 0 atom stereocenters. The van der Waals surface area contributed by atoms with E-state index in [1.54, 1.807) is 24.3 Å². The van der Waals surface area contributed by atoms with Crippen molar-refractivity contribution < 1.29 is 13.2 Å². The number of hydrogen-bond acceptors (Lipinski definition) is 3. The molecule has 0 bridgehead atoms. The van der Waals surface area contributed by atoms with Crippen molar-refractivity contribution in [3.05, 3.63) is 71.3 Å². The Hall–Kier alpha value is -2.53. The van der Waals surface area contributed by atoms with Crippen molar-refractivity contribution in [2.45, 2.75) is 18.2 Å². The van der Waals surface area contributed by atoms with Gasteiger partial charge in [-0.3, -0.25) is 4.72 Å². The number of benzene rings is 2. The molecule has 0 spiro atoms. The number of anilines is 1. The van der Waals surface area contributed by atoms with Crippen LogP contribution in [0.25, 0.3) is 6.08 Å². The van der Waals surface area contributed by atoms with Gasteiger partial charge in [0.15, 0.2) is 0 Å². The van der Waals surface area contributed by atoms with Crippen LogP contribution < -0.4 is 9.46 Å². The minimum absolute atomic E-state index is 0.116. The summed E-state index contributed by atoms with van der Waals surface area (Å²) in [4.78, 5) is 0.116. The maximum atomic E-state index is 12.6. The van der Waals surface area contributed by atoms with Gasteiger partial charge in [-0.25, -0.2) is 8.42 Å². The predicted octanol–water partition coefficient (Wildman–Crippen LogP) is 4.01. The van der Waals surface area contributed by atoms with Gasteiger partial charge in [-0.05, 0) is 59.9 Å². The molecule has 0 saturated carbocycles. The predicted molar refractivity (Wildman–Crippen MR) is 96.7 cm³/mol. The Bertz CT molecular complexity index is 943. The molecule has 0 aromatic heterocycles. The van der Waals surface area contributed by atoms with Crippen molar-refractivity contribution in [3.63, 3.8) is 0 Å². The second-order valence-corrected chi connectivity index (χ2v) is 7.43. The molecule has 2 aromatic rings. The first-order valence-corrected chi connectivity index (χ1v) is 9.04. The lowest BCUT2D eigenvalue weighted by Crippen LogP contribution is -2.14. The van der Waals surface area contributed by atoms with Crippen LogP contribution in [-0.2, 0) is 16.4 Å². The maximum absolute atomic E-state index is 12.6. The van der Waals surface area contributed by atoms with Gasteiger partial charge in [0.2, 0.25) is 0 Å². The van der Waals surface area contributed by atoms with E-state index < -0.39 is 10.0 Å². The first-order valence-electron chi connectivity index (χ1n) is 7.56. The van der Waals surface area contributed by atoms with Crippen LogP contribution in [0.1, 0.15) is 18.1 Å². The number of methoxy groups -OCH3 is 1. The highest BCUT2D eigenvalue weighted by molar-refractivity contribution is 7.92. The van der Waals surface area contributed by atoms with Crippen LogP contribution in [0.2, 0.25) is 0 Å². The smallest absolute Gasteiger partial charge is 0.265 e. The number of allylic oxidation sites excluding steroid dienone is 2. The van der Waals surface area contributed by atoms with E-state index in [-0.39, 0.29) is 4.90 Å². The maximum Gasteiger partial charge on any atom is 0.265 e. The Kier molecular flexibility index (Phi) is 4.20. The standard InChI is InChI=1S/C19H19NO3S/c1-13-10-15-8-9-17(12-16(15)11-14(13)2)20-24(21,22)19-7-5-4-6-18(19)23-3/h4-9,11-12,20H,1,10H2,2-3H3. The van der Waals surface area contributed by atoms with Crippen LogP contribution in [-0.4, -0.2) is 15.5 Å². The minimum Gasteiger partial charge on any atom is -0.495 e. The number of sulfonamides is 1. The first-order chi connectivity index (χ1) is 11.4. The first kappa shape index (κ1) is 16.3. The normalized spacial score (nSPS) is 13.9. The summed E-state index contributed by atoms with van der Waals surface area (Å²) in [7, 11) is -2.27. The molecule has 1 N–H and O–H groups in total. The van der Waals surface area contributed by atoms with E-state index in [0.717, 1.165) is 28.7 Å². The quantitative estimate of drug-likeness (QED) is 0.914. The molecule has 3 rings (SSSR count). The highest BCUT2D eigenvalue weighted by Crippen LogP contribution is 2.30. The second kappa shape index (κ2) is 6.17. The van der Waals surface area contributed by atoms with Crippen molar-refractivity contribution in [2.24, 2.45) is 0 Å². The summed E-state index contributed by atoms with van der Waals surface area (Å²) in [6.07, 6.45) is 2.82. The van der Waals surface area contributed by atoms with Crippen molar-refractivity contribution in [1.29, 1.82) is 0 Å². The Morgan fingerprint density at radius 3 is 2.67 bits per heavy atom. The Morgan fingerprint density at radius 2 is 1.92 bits per heavy atom. The summed E-state index contributed by atoms with van der Waals surface area (Å²) >= 11 is 0. The van der Waals surface area contributed by atoms with E-state index >= 15 is 0 Å². The van der Waals surface area contributed by atoms with Crippen molar-refractivity contribution >= 4 is 21.8 Å². The molecule has 0 aliphatic heterocycles. The molecular weight excluding hydrogens is 322 g/mol. The topological polar surface area (TPSA) is 55.4 Å². The Balaban J connectivity index is 1.95. The summed E-state index contributed by atoms with van der Waals surface area (Å²) in [6.45, 7) is 6.05. The van der Waals surface area contributed by atoms with Crippen molar-refractivity contribution in [2.75, 3.05) is 11.8 Å². The van der Waals surface area contributed by atoms with E-state index in [2.05, 4.69) is 11.3 Å². The molecule has 1 aliphatic rings. The van der Waals surface area contributed by atoms with Crippen LogP contribution in [0.5, 0.6) is 5.75 Å². The molecule has 0 radical (unpaired) electrons. The fourth-order valence-electron chi connectivity index (χ4n) is 2.71. The monoisotopic (exact) mass is 341 g/mol. The highest BCUT2D eigenvalue weighted by Gasteiger charge is 2.20. The van der Waals surface area contributed by atoms with E-state index in [0.29, 0.717) is 11.4 Å². The van der Waals surface area contributed by atoms with E-state index in [1.807, 2.05) is 25.1 Å². The lowest BCUT2D eigenvalue weighted by molar-refractivity contribution is 0.403. The second-order valence-electron chi connectivity index (χ2n) is 5.78.